The summed E-state index contributed by atoms with van der Waals surface area (Å²) in [5.74, 6) is 0. The summed E-state index contributed by atoms with van der Waals surface area (Å²) < 4.78 is 14.5. The number of furan rings is 2. The van der Waals surface area contributed by atoms with Gasteiger partial charge in [-0.1, -0.05) is 188 Å². The van der Waals surface area contributed by atoms with Gasteiger partial charge in [0.05, 0.1) is 5.41 Å². The number of benzene rings is 11. The first-order valence-electron chi connectivity index (χ1n) is 22.4. The van der Waals surface area contributed by atoms with Gasteiger partial charge in [-0.05, 0) is 120 Å². The first-order valence-corrected chi connectivity index (χ1v) is 22.4. The van der Waals surface area contributed by atoms with E-state index < -0.39 is 5.41 Å². The fraction of sp³-hybridized carbons (Fsp3) is 0.0159. The third kappa shape index (κ3) is 5.17. The molecule has 2 heteroatoms. The van der Waals surface area contributed by atoms with Gasteiger partial charge in [0, 0.05) is 32.7 Å². The Morgan fingerprint density at radius 2 is 0.708 bits per heavy atom. The molecular weight excluding hydrogens is 789 g/mol. The lowest BCUT2D eigenvalue weighted by Crippen LogP contribution is -2.28. The largest absolute Gasteiger partial charge is 0.455 e. The molecule has 11 aromatic carbocycles. The summed E-state index contributed by atoms with van der Waals surface area (Å²) in [5, 5.41) is 9.19. The van der Waals surface area contributed by atoms with Gasteiger partial charge in [0.2, 0.25) is 0 Å². The molecule has 0 N–H and O–H groups in total. The molecule has 65 heavy (non-hydrogen) atoms. The van der Waals surface area contributed by atoms with Crippen LogP contribution >= 0.6 is 0 Å². The number of para-hydroxylation sites is 2. The van der Waals surface area contributed by atoms with E-state index in [1.165, 1.54) is 54.9 Å². The SMILES string of the molecule is c1ccc(-c2ccc3ccc(-c4cc5c(c6oc7ccccc7c46)-c4c(cc(-c6ccc7ccccc7c6)c6c4oc4ccccc46)C5(c4ccccc4)c4ccccc4)cc3c2)cc1. The van der Waals surface area contributed by atoms with Gasteiger partial charge in [-0.15, -0.1) is 0 Å². The van der Waals surface area contributed by atoms with Crippen molar-refractivity contribution < 1.29 is 8.83 Å². The highest BCUT2D eigenvalue weighted by Gasteiger charge is 2.50. The molecule has 0 aliphatic heterocycles. The van der Waals surface area contributed by atoms with Crippen molar-refractivity contribution in [2.24, 2.45) is 0 Å². The first-order chi connectivity index (χ1) is 32.2. The molecule has 0 saturated heterocycles. The average Bonchev–Trinajstić information content (AvgIpc) is 4.05. The summed E-state index contributed by atoms with van der Waals surface area (Å²) in [6, 6.07) is 84.0. The molecule has 0 radical (unpaired) electrons. The van der Waals surface area contributed by atoms with E-state index in [4.69, 9.17) is 8.83 Å². The van der Waals surface area contributed by atoms with Crippen LogP contribution in [-0.2, 0) is 5.41 Å². The van der Waals surface area contributed by atoms with Gasteiger partial charge >= 0.3 is 0 Å². The van der Waals surface area contributed by atoms with Crippen molar-refractivity contribution in [2.45, 2.75) is 5.41 Å². The van der Waals surface area contributed by atoms with Crippen molar-refractivity contribution in [1.29, 1.82) is 0 Å². The minimum Gasteiger partial charge on any atom is -0.455 e. The monoisotopic (exact) mass is 826 g/mol. The van der Waals surface area contributed by atoms with Crippen molar-refractivity contribution in [1.82, 2.24) is 0 Å². The zero-order valence-electron chi connectivity index (χ0n) is 35.3. The molecule has 0 fully saturated rings. The molecular formula is C63H38O2. The van der Waals surface area contributed by atoms with Crippen LogP contribution in [-0.4, -0.2) is 0 Å². The smallest absolute Gasteiger partial charge is 0.144 e. The molecule has 0 amide bonds. The molecule has 0 unspecified atom stereocenters. The number of rotatable bonds is 5. The third-order valence-electron chi connectivity index (χ3n) is 14.1. The van der Waals surface area contributed by atoms with Gasteiger partial charge in [-0.25, -0.2) is 0 Å². The summed E-state index contributed by atoms with van der Waals surface area (Å²) in [5.41, 5.74) is 16.5. The lowest BCUT2D eigenvalue weighted by atomic mass is 9.67. The maximum atomic E-state index is 7.29. The van der Waals surface area contributed by atoms with E-state index in [0.29, 0.717) is 0 Å². The minimum atomic E-state index is -0.759. The molecule has 2 nitrogen and oxygen atoms in total. The standard InChI is InChI=1S/C63H38O2/c1-4-16-39(17-5-1)43-31-28-41-30-33-45(36-46(41)35-43)52-38-54-60(62-58(52)50-25-13-15-27-56(50)65-62)59-53(63(54,47-20-6-2-7-21-47)48-22-8-3-9-23-48)37-51(44-32-29-40-18-10-11-19-42(40)34-44)57-49-24-12-14-26-55(49)64-61(57)59/h1-38H. The normalized spacial score (nSPS) is 13.0. The van der Waals surface area contributed by atoms with Crippen molar-refractivity contribution in [3.8, 4) is 44.5 Å². The quantitative estimate of drug-likeness (QED) is 0.173. The van der Waals surface area contributed by atoms with Crippen LogP contribution < -0.4 is 0 Å². The fourth-order valence-electron chi connectivity index (χ4n) is 11.2. The second-order valence-electron chi connectivity index (χ2n) is 17.5. The Labute approximate surface area is 375 Å². The van der Waals surface area contributed by atoms with E-state index in [0.717, 1.165) is 77.3 Å². The van der Waals surface area contributed by atoms with Gasteiger partial charge in [-0.2, -0.15) is 0 Å². The van der Waals surface area contributed by atoms with Crippen molar-refractivity contribution in [2.75, 3.05) is 0 Å². The van der Waals surface area contributed by atoms with Gasteiger partial charge in [-0.3, -0.25) is 0 Å². The molecule has 2 heterocycles. The van der Waals surface area contributed by atoms with Crippen molar-refractivity contribution in [3.05, 3.63) is 253 Å². The Kier molecular flexibility index (Phi) is 7.64. The van der Waals surface area contributed by atoms with E-state index in [1.807, 2.05) is 0 Å². The predicted molar refractivity (Wildman–Crippen MR) is 270 cm³/mol. The molecule has 302 valence electrons. The maximum Gasteiger partial charge on any atom is 0.144 e. The summed E-state index contributed by atoms with van der Waals surface area (Å²) in [6.07, 6.45) is 0. The maximum absolute atomic E-state index is 7.29. The summed E-state index contributed by atoms with van der Waals surface area (Å²) in [4.78, 5) is 0. The summed E-state index contributed by atoms with van der Waals surface area (Å²) in [7, 11) is 0. The number of hydrogen-bond donors (Lipinski definition) is 0. The van der Waals surface area contributed by atoms with E-state index in [1.54, 1.807) is 0 Å². The lowest BCUT2D eigenvalue weighted by molar-refractivity contribution is 0.665. The molecule has 0 bridgehead atoms. The molecule has 1 aliphatic carbocycles. The van der Waals surface area contributed by atoms with Crippen LogP contribution in [0.4, 0.5) is 0 Å². The Bertz CT molecular complexity index is 4000. The molecule has 0 saturated carbocycles. The Balaban J connectivity index is 1.17. The Morgan fingerprint density at radius 3 is 1.26 bits per heavy atom. The van der Waals surface area contributed by atoms with Gasteiger partial charge in [0.1, 0.15) is 22.3 Å². The zero-order chi connectivity index (χ0) is 42.6. The Morgan fingerprint density at radius 1 is 0.292 bits per heavy atom. The highest BCUT2D eigenvalue weighted by atomic mass is 16.3. The van der Waals surface area contributed by atoms with Crippen LogP contribution in [0.15, 0.2) is 239 Å². The van der Waals surface area contributed by atoms with Crippen molar-refractivity contribution in [3.63, 3.8) is 0 Å². The van der Waals surface area contributed by atoms with E-state index in [-0.39, 0.29) is 0 Å². The second-order valence-corrected chi connectivity index (χ2v) is 17.5. The highest BCUT2D eigenvalue weighted by Crippen LogP contribution is 2.63. The molecule has 2 aromatic heterocycles. The van der Waals surface area contributed by atoms with Gasteiger partial charge in [0.25, 0.3) is 0 Å². The van der Waals surface area contributed by atoms with Crippen LogP contribution in [0.1, 0.15) is 22.3 Å². The Hall–Kier alpha value is -8.46. The molecule has 0 atom stereocenters. The molecule has 14 rings (SSSR count). The zero-order valence-corrected chi connectivity index (χ0v) is 35.3. The number of fused-ring (bicyclic) bond motifs is 13. The van der Waals surface area contributed by atoms with E-state index in [9.17, 15) is 0 Å². The van der Waals surface area contributed by atoms with Crippen LogP contribution in [0, 0.1) is 0 Å². The predicted octanol–water partition coefficient (Wildman–Crippen LogP) is 17.2. The first kappa shape index (κ1) is 36.1. The van der Waals surface area contributed by atoms with Crippen LogP contribution in [0.2, 0.25) is 0 Å². The second kappa shape index (κ2) is 13.8. The van der Waals surface area contributed by atoms with Crippen LogP contribution in [0.25, 0.3) is 110 Å². The van der Waals surface area contributed by atoms with Gasteiger partial charge < -0.3 is 8.83 Å². The van der Waals surface area contributed by atoms with Crippen LogP contribution in [0.5, 0.6) is 0 Å². The third-order valence-corrected chi connectivity index (χ3v) is 14.1. The van der Waals surface area contributed by atoms with Crippen LogP contribution in [0.3, 0.4) is 0 Å². The van der Waals surface area contributed by atoms with Gasteiger partial charge in [0.15, 0.2) is 0 Å². The average molecular weight is 827 g/mol. The lowest BCUT2D eigenvalue weighted by Gasteiger charge is -2.34. The molecule has 13 aromatic rings. The van der Waals surface area contributed by atoms with E-state index >= 15 is 0 Å². The fourth-order valence-corrected chi connectivity index (χ4v) is 11.2. The highest BCUT2D eigenvalue weighted by molar-refractivity contribution is 6.24. The number of hydrogen-bond acceptors (Lipinski definition) is 2. The molecule has 1 aliphatic rings. The summed E-state index contributed by atoms with van der Waals surface area (Å²) >= 11 is 0. The minimum absolute atomic E-state index is 0.759. The topological polar surface area (TPSA) is 26.3 Å². The van der Waals surface area contributed by atoms with Crippen molar-refractivity contribution >= 4 is 65.4 Å². The summed E-state index contributed by atoms with van der Waals surface area (Å²) in [6.45, 7) is 0. The molecule has 0 spiro atoms. The van der Waals surface area contributed by atoms with E-state index in [2.05, 4.69) is 231 Å².